The van der Waals surface area contributed by atoms with Crippen molar-refractivity contribution in [2.45, 2.75) is 52.1 Å². The highest BCUT2D eigenvalue weighted by Crippen LogP contribution is 2.33. The average molecular weight is 374 g/mol. The molecule has 3 heterocycles. The van der Waals surface area contributed by atoms with Crippen molar-refractivity contribution in [1.82, 2.24) is 19.2 Å². The van der Waals surface area contributed by atoms with Gasteiger partial charge >= 0.3 is 0 Å². The second-order valence-corrected chi connectivity index (χ2v) is 8.12. The van der Waals surface area contributed by atoms with E-state index in [1.54, 1.807) is 0 Å². The summed E-state index contributed by atoms with van der Waals surface area (Å²) in [4.78, 5) is 15.1. The number of carbonyl (C=O) groups excluding carboxylic acids is 1. The van der Waals surface area contributed by atoms with Gasteiger partial charge in [-0.15, -0.1) is 0 Å². The Kier molecular flexibility index (Phi) is 4.30. The summed E-state index contributed by atoms with van der Waals surface area (Å²) in [5.41, 5.74) is 4.46. The van der Waals surface area contributed by atoms with E-state index in [4.69, 9.17) is 5.10 Å². The molecular weight excluding hydrogens is 348 g/mol. The lowest BCUT2D eigenvalue weighted by Gasteiger charge is -2.26. The normalized spacial score (nSPS) is 17.1. The highest BCUT2D eigenvalue weighted by atomic mass is 16.2. The Labute approximate surface area is 165 Å². The van der Waals surface area contributed by atoms with Crippen molar-refractivity contribution in [3.8, 4) is 11.5 Å². The highest BCUT2D eigenvalue weighted by molar-refractivity contribution is 5.79. The van der Waals surface area contributed by atoms with E-state index in [-0.39, 0.29) is 5.92 Å². The minimum atomic E-state index is 0.205. The number of aromatic nitrogens is 3. The van der Waals surface area contributed by atoms with Crippen molar-refractivity contribution >= 4 is 5.91 Å². The molecule has 1 amide bonds. The fraction of sp³-hybridized carbons (Fsp3) is 0.391. The number of hydrogen-bond acceptors (Lipinski definition) is 2. The van der Waals surface area contributed by atoms with Gasteiger partial charge in [-0.1, -0.05) is 31.4 Å². The fourth-order valence-electron chi connectivity index (χ4n) is 4.65. The predicted molar refractivity (Wildman–Crippen MR) is 108 cm³/mol. The molecule has 0 spiro atoms. The quantitative estimate of drug-likeness (QED) is 0.682. The summed E-state index contributed by atoms with van der Waals surface area (Å²) in [6, 6.07) is 12.5. The Morgan fingerprint density at radius 2 is 1.82 bits per heavy atom. The van der Waals surface area contributed by atoms with Crippen molar-refractivity contribution in [3.05, 3.63) is 65.6 Å². The predicted octanol–water partition coefficient (Wildman–Crippen LogP) is 4.39. The molecule has 28 heavy (non-hydrogen) atoms. The van der Waals surface area contributed by atoms with E-state index >= 15 is 0 Å². The average Bonchev–Trinajstić information content (AvgIpc) is 3.44. The van der Waals surface area contributed by atoms with Crippen molar-refractivity contribution in [1.29, 1.82) is 0 Å². The Hall–Kier alpha value is -2.82. The van der Waals surface area contributed by atoms with Gasteiger partial charge in [0.1, 0.15) is 5.82 Å². The standard InChI is InChI=1S/C23H26N4O/c1-17-8-7-11-19(14-17)27-22(25-12-5-6-13-25)20-15-26(16-21(20)24-27)23(28)18-9-3-2-4-10-18/h5-8,11-14,18H,2-4,9-10,15-16H2,1H3. The maximum atomic E-state index is 13.0. The molecule has 5 nitrogen and oxygen atoms in total. The lowest BCUT2D eigenvalue weighted by Crippen LogP contribution is -2.33. The largest absolute Gasteiger partial charge is 0.332 e. The van der Waals surface area contributed by atoms with Crippen LogP contribution in [-0.4, -0.2) is 25.2 Å². The van der Waals surface area contributed by atoms with Crippen LogP contribution in [0.5, 0.6) is 0 Å². The minimum Gasteiger partial charge on any atom is -0.332 e. The van der Waals surface area contributed by atoms with E-state index in [0.29, 0.717) is 19.0 Å². The summed E-state index contributed by atoms with van der Waals surface area (Å²) >= 11 is 0. The van der Waals surface area contributed by atoms with Crippen LogP contribution in [0, 0.1) is 12.8 Å². The minimum absolute atomic E-state index is 0.205. The number of amides is 1. The van der Waals surface area contributed by atoms with E-state index in [9.17, 15) is 4.79 Å². The van der Waals surface area contributed by atoms with Gasteiger partial charge in [0.15, 0.2) is 0 Å². The van der Waals surface area contributed by atoms with Crippen LogP contribution < -0.4 is 0 Å². The molecule has 2 aromatic heterocycles. The van der Waals surface area contributed by atoms with Gasteiger partial charge in [-0.05, 0) is 49.6 Å². The second-order valence-electron chi connectivity index (χ2n) is 8.12. The Morgan fingerprint density at radius 3 is 2.57 bits per heavy atom. The van der Waals surface area contributed by atoms with Gasteiger partial charge in [-0.3, -0.25) is 4.79 Å². The summed E-state index contributed by atoms with van der Waals surface area (Å²) in [7, 11) is 0. The van der Waals surface area contributed by atoms with Gasteiger partial charge in [0.05, 0.1) is 24.5 Å². The molecule has 1 aliphatic heterocycles. The number of hydrogen-bond donors (Lipinski definition) is 0. The molecule has 1 aromatic carbocycles. The summed E-state index contributed by atoms with van der Waals surface area (Å²) < 4.78 is 4.14. The monoisotopic (exact) mass is 374 g/mol. The molecule has 0 unspecified atom stereocenters. The number of carbonyl (C=O) groups is 1. The van der Waals surface area contributed by atoms with Crippen molar-refractivity contribution in [2.75, 3.05) is 0 Å². The number of aryl methyl sites for hydroxylation is 1. The lowest BCUT2D eigenvalue weighted by atomic mass is 9.88. The third-order valence-electron chi connectivity index (χ3n) is 6.09. The first kappa shape index (κ1) is 17.3. The molecule has 5 rings (SSSR count). The van der Waals surface area contributed by atoms with Crippen LogP contribution in [0.15, 0.2) is 48.8 Å². The molecule has 2 aliphatic rings. The maximum absolute atomic E-state index is 13.0. The van der Waals surface area contributed by atoms with Gasteiger partial charge in [0.25, 0.3) is 0 Å². The Bertz CT molecular complexity index is 996. The van der Waals surface area contributed by atoms with Crippen molar-refractivity contribution in [3.63, 3.8) is 0 Å². The highest BCUT2D eigenvalue weighted by Gasteiger charge is 2.34. The molecular formula is C23H26N4O. The molecule has 0 saturated heterocycles. The zero-order chi connectivity index (χ0) is 19.1. The zero-order valence-electron chi connectivity index (χ0n) is 16.3. The van der Waals surface area contributed by atoms with Crippen molar-refractivity contribution in [2.24, 2.45) is 5.92 Å². The molecule has 0 atom stereocenters. The topological polar surface area (TPSA) is 43.1 Å². The van der Waals surface area contributed by atoms with E-state index in [2.05, 4.69) is 48.1 Å². The molecule has 1 saturated carbocycles. The van der Waals surface area contributed by atoms with Crippen LogP contribution in [0.3, 0.4) is 0 Å². The van der Waals surface area contributed by atoms with E-state index < -0.39 is 0 Å². The van der Waals surface area contributed by atoms with Crippen LogP contribution in [-0.2, 0) is 17.9 Å². The molecule has 1 aliphatic carbocycles. The summed E-state index contributed by atoms with van der Waals surface area (Å²) in [5, 5.41) is 4.94. The third-order valence-corrected chi connectivity index (χ3v) is 6.09. The first-order valence-electron chi connectivity index (χ1n) is 10.3. The smallest absolute Gasteiger partial charge is 0.226 e. The molecule has 0 bridgehead atoms. The van der Waals surface area contributed by atoms with Gasteiger partial charge in [-0.2, -0.15) is 5.10 Å². The number of nitrogens with zero attached hydrogens (tertiary/aromatic N) is 4. The van der Waals surface area contributed by atoms with E-state index in [1.807, 2.05) is 21.7 Å². The first-order chi connectivity index (χ1) is 13.7. The van der Waals surface area contributed by atoms with Crippen LogP contribution in [0.4, 0.5) is 0 Å². The van der Waals surface area contributed by atoms with Crippen LogP contribution in [0.1, 0.15) is 48.9 Å². The SMILES string of the molecule is Cc1cccc(-n2nc3c(c2-n2cccc2)CN(C(=O)C2CCCCC2)C3)c1. The number of benzene rings is 1. The summed E-state index contributed by atoms with van der Waals surface area (Å²) in [5.74, 6) is 1.57. The zero-order valence-corrected chi connectivity index (χ0v) is 16.3. The van der Waals surface area contributed by atoms with Crippen LogP contribution in [0.25, 0.3) is 11.5 Å². The summed E-state index contributed by atoms with van der Waals surface area (Å²) in [6.07, 6.45) is 9.82. The van der Waals surface area contributed by atoms with E-state index in [0.717, 1.165) is 30.0 Å². The first-order valence-corrected chi connectivity index (χ1v) is 10.3. The number of rotatable bonds is 3. The van der Waals surface area contributed by atoms with Crippen molar-refractivity contribution < 1.29 is 4.79 Å². The van der Waals surface area contributed by atoms with Gasteiger partial charge in [0, 0.05) is 23.9 Å². The van der Waals surface area contributed by atoms with Crippen LogP contribution in [0.2, 0.25) is 0 Å². The van der Waals surface area contributed by atoms with Gasteiger partial charge < -0.3 is 9.47 Å². The maximum Gasteiger partial charge on any atom is 0.226 e. The molecule has 144 valence electrons. The molecule has 0 N–H and O–H groups in total. The van der Waals surface area contributed by atoms with E-state index in [1.165, 1.54) is 30.4 Å². The molecule has 1 fully saturated rings. The Balaban J connectivity index is 1.51. The molecule has 5 heteroatoms. The fourth-order valence-corrected chi connectivity index (χ4v) is 4.65. The van der Waals surface area contributed by atoms with Crippen LogP contribution >= 0.6 is 0 Å². The molecule has 0 radical (unpaired) electrons. The van der Waals surface area contributed by atoms with Gasteiger partial charge in [-0.25, -0.2) is 4.68 Å². The van der Waals surface area contributed by atoms with Gasteiger partial charge in [0.2, 0.25) is 5.91 Å². The summed E-state index contributed by atoms with van der Waals surface area (Å²) in [6.45, 7) is 3.38. The second kappa shape index (κ2) is 6.97. The number of fused-ring (bicyclic) bond motifs is 1. The molecule has 3 aromatic rings. The Morgan fingerprint density at radius 1 is 1.04 bits per heavy atom. The third kappa shape index (κ3) is 2.95. The lowest BCUT2D eigenvalue weighted by molar-refractivity contribution is -0.137.